The molecule has 38 heavy (non-hydrogen) atoms. The number of fused-ring (bicyclic) bond motifs is 1. The van der Waals surface area contributed by atoms with Gasteiger partial charge in [0.15, 0.2) is 5.60 Å². The number of hydrogen-bond donors (Lipinski definition) is 4. The van der Waals surface area contributed by atoms with E-state index in [-0.39, 0.29) is 6.04 Å². The largest absolute Gasteiger partial charge is 0.377 e. The van der Waals surface area contributed by atoms with Gasteiger partial charge in [0.05, 0.1) is 29.8 Å². The number of amides is 1. The Labute approximate surface area is 227 Å². The summed E-state index contributed by atoms with van der Waals surface area (Å²) in [6.07, 6.45) is 8.52. The van der Waals surface area contributed by atoms with Crippen LogP contribution in [0.5, 0.6) is 0 Å². The fraction of sp³-hybridized carbons (Fsp3) is 0.500. The first-order valence-corrected chi connectivity index (χ1v) is 13.7. The Morgan fingerprint density at radius 1 is 1.11 bits per heavy atom. The summed E-state index contributed by atoms with van der Waals surface area (Å²) in [6, 6.07) is 8.54. The number of pyridine rings is 1. The second-order valence-corrected chi connectivity index (χ2v) is 11.0. The summed E-state index contributed by atoms with van der Waals surface area (Å²) >= 11 is 6.48. The molecule has 1 aliphatic heterocycles. The summed E-state index contributed by atoms with van der Waals surface area (Å²) in [7, 11) is 0. The van der Waals surface area contributed by atoms with E-state index in [1.165, 1.54) is 19.3 Å². The van der Waals surface area contributed by atoms with E-state index in [0.29, 0.717) is 36.7 Å². The van der Waals surface area contributed by atoms with Crippen LogP contribution in [0, 0.1) is 12.8 Å². The van der Waals surface area contributed by atoms with E-state index in [1.54, 1.807) is 0 Å². The monoisotopic (exact) mass is 538 g/mol. The van der Waals surface area contributed by atoms with Crippen LogP contribution in [-0.2, 0) is 15.1 Å². The average molecular weight is 539 g/mol. The van der Waals surface area contributed by atoms with Crippen LogP contribution in [0.15, 0.2) is 36.7 Å². The average Bonchev–Trinajstić information content (AvgIpc) is 2.90. The number of rotatable bonds is 9. The van der Waals surface area contributed by atoms with Gasteiger partial charge in [0.25, 0.3) is 5.91 Å². The van der Waals surface area contributed by atoms with E-state index in [4.69, 9.17) is 21.3 Å². The quantitative estimate of drug-likeness (QED) is 0.320. The molecule has 5 rings (SSSR count). The van der Waals surface area contributed by atoms with Crippen molar-refractivity contribution in [3.05, 3.63) is 52.8 Å². The van der Waals surface area contributed by atoms with Crippen molar-refractivity contribution in [1.82, 2.24) is 20.3 Å². The van der Waals surface area contributed by atoms with Crippen molar-refractivity contribution >= 4 is 40.2 Å². The maximum absolute atomic E-state index is 12.4. The number of carbonyl (C=O) groups is 1. The molecule has 0 bridgehead atoms. The number of nitrogens with zero attached hydrogens (tertiary/aromatic N) is 3. The number of carbonyl (C=O) groups excluding carboxylic acids is 1. The molecular weight excluding hydrogens is 504 g/mol. The third-order valence-electron chi connectivity index (χ3n) is 7.66. The Kier molecular flexibility index (Phi) is 7.97. The third kappa shape index (κ3) is 6.00. The lowest BCUT2D eigenvalue weighted by Gasteiger charge is -2.31. The van der Waals surface area contributed by atoms with Gasteiger partial charge in [0, 0.05) is 35.9 Å². The van der Waals surface area contributed by atoms with Crippen LogP contribution >= 0.6 is 11.6 Å². The second kappa shape index (κ2) is 11.4. The van der Waals surface area contributed by atoms with E-state index in [0.717, 1.165) is 66.0 Å². The highest BCUT2D eigenvalue weighted by atomic mass is 35.5. The molecule has 0 radical (unpaired) electrons. The van der Waals surface area contributed by atoms with Crippen molar-refractivity contribution in [3.63, 3.8) is 0 Å². The van der Waals surface area contributed by atoms with E-state index >= 15 is 0 Å². The molecule has 3 heterocycles. The molecule has 1 aromatic carbocycles. The predicted molar refractivity (Wildman–Crippen MR) is 148 cm³/mol. The number of anilines is 2. The Bertz CT molecular complexity index is 1270. The molecule has 10 heteroatoms. The molecule has 1 amide bonds. The first-order chi connectivity index (χ1) is 18.3. The van der Waals surface area contributed by atoms with Gasteiger partial charge in [-0.15, -0.1) is 0 Å². The third-order valence-corrected chi connectivity index (χ3v) is 8.13. The summed E-state index contributed by atoms with van der Waals surface area (Å²) in [5, 5.41) is 22.1. The Balaban J connectivity index is 1.05. The van der Waals surface area contributed by atoms with Crippen molar-refractivity contribution in [1.29, 1.82) is 0 Å². The lowest BCUT2D eigenvalue weighted by molar-refractivity contribution is -0.143. The first kappa shape index (κ1) is 26.6. The number of nitrogens with one attached hydrogen (secondary N) is 3. The molecule has 2 aromatic heterocycles. The van der Waals surface area contributed by atoms with Crippen LogP contribution in [0.25, 0.3) is 10.9 Å². The number of hydrogen-bond acceptors (Lipinski definition) is 8. The van der Waals surface area contributed by atoms with Gasteiger partial charge in [-0.3, -0.25) is 4.79 Å². The number of aromatic nitrogens is 3. The van der Waals surface area contributed by atoms with E-state index < -0.39 is 11.5 Å². The summed E-state index contributed by atoms with van der Waals surface area (Å²) in [6.45, 7) is 5.15. The molecule has 9 nitrogen and oxygen atoms in total. The minimum Gasteiger partial charge on any atom is -0.377 e. The minimum atomic E-state index is -1.70. The van der Waals surface area contributed by atoms with Gasteiger partial charge in [0.1, 0.15) is 5.82 Å². The molecular formula is C28H35ClN6O3. The molecule has 1 saturated carbocycles. The van der Waals surface area contributed by atoms with Crippen LogP contribution in [0.3, 0.4) is 0 Å². The zero-order chi connectivity index (χ0) is 26.7. The molecule has 2 aliphatic rings. The molecule has 1 saturated heterocycles. The standard InChI is InChI=1S/C28H35ClN6O3/c1-17-3-6-19-7-10-23(35-25(19)24(17)29)33-21-8-4-18(5-9-21)11-12-30-27-31-13-20(14-32-27)28(2,37)26(36)34-22-15-38-16-22/h3,6-7,10,13-14,18,21-22,37H,4-5,8-9,11-12,15-16H2,1-2H3,(H,33,35)(H,34,36)(H,30,31,32)/t18-,21-,28?. The zero-order valence-corrected chi connectivity index (χ0v) is 22.6. The normalized spacial score (nSPS) is 21.4. The van der Waals surface area contributed by atoms with Crippen LogP contribution in [-0.4, -0.2) is 57.8 Å². The molecule has 2 fully saturated rings. The van der Waals surface area contributed by atoms with Crippen LogP contribution < -0.4 is 16.0 Å². The molecule has 4 N–H and O–H groups in total. The SMILES string of the molecule is Cc1ccc2ccc(N[C@H]3CC[C@H](CCNc4ncc(C(C)(O)C(=O)NC5COC5)cn4)CC3)nc2c1Cl. The Morgan fingerprint density at radius 3 is 2.50 bits per heavy atom. The van der Waals surface area contributed by atoms with Gasteiger partial charge in [-0.25, -0.2) is 15.0 Å². The lowest BCUT2D eigenvalue weighted by Crippen LogP contribution is -2.54. The second-order valence-electron chi connectivity index (χ2n) is 10.6. The van der Waals surface area contributed by atoms with Crippen molar-refractivity contribution in [2.24, 2.45) is 5.92 Å². The molecule has 1 aliphatic carbocycles. The molecule has 202 valence electrons. The molecule has 0 spiro atoms. The summed E-state index contributed by atoms with van der Waals surface area (Å²) in [4.78, 5) is 25.8. The zero-order valence-electron chi connectivity index (χ0n) is 21.8. The van der Waals surface area contributed by atoms with Crippen LogP contribution in [0.4, 0.5) is 11.8 Å². The van der Waals surface area contributed by atoms with Crippen LogP contribution in [0.2, 0.25) is 5.02 Å². The molecule has 3 aromatic rings. The fourth-order valence-corrected chi connectivity index (χ4v) is 5.19. The van der Waals surface area contributed by atoms with Crippen LogP contribution in [0.1, 0.15) is 50.2 Å². The van der Waals surface area contributed by atoms with Gasteiger partial charge in [-0.1, -0.05) is 23.7 Å². The van der Waals surface area contributed by atoms with Gasteiger partial charge >= 0.3 is 0 Å². The van der Waals surface area contributed by atoms with Gasteiger partial charge in [-0.05, 0) is 69.6 Å². The summed E-state index contributed by atoms with van der Waals surface area (Å²) < 4.78 is 5.06. The van der Waals surface area contributed by atoms with Crippen molar-refractivity contribution < 1.29 is 14.6 Å². The number of aliphatic hydroxyl groups is 1. The fourth-order valence-electron chi connectivity index (χ4n) is 4.97. The van der Waals surface area contributed by atoms with E-state index in [1.807, 2.05) is 19.1 Å². The summed E-state index contributed by atoms with van der Waals surface area (Å²) in [5.74, 6) is 1.53. The van der Waals surface area contributed by atoms with E-state index in [9.17, 15) is 9.90 Å². The Hall–Kier alpha value is -3.01. The number of aryl methyl sites for hydroxylation is 1. The summed E-state index contributed by atoms with van der Waals surface area (Å²) in [5.41, 5.74) is 0.537. The minimum absolute atomic E-state index is 0.0551. The lowest BCUT2D eigenvalue weighted by atomic mass is 9.84. The van der Waals surface area contributed by atoms with Crippen molar-refractivity contribution in [2.75, 3.05) is 30.4 Å². The highest BCUT2D eigenvalue weighted by molar-refractivity contribution is 6.35. The Morgan fingerprint density at radius 2 is 1.82 bits per heavy atom. The van der Waals surface area contributed by atoms with Gasteiger partial charge in [0.2, 0.25) is 5.95 Å². The van der Waals surface area contributed by atoms with Gasteiger partial charge < -0.3 is 25.8 Å². The number of halogens is 1. The van der Waals surface area contributed by atoms with Crippen molar-refractivity contribution in [3.8, 4) is 0 Å². The number of ether oxygens (including phenoxy) is 1. The smallest absolute Gasteiger partial charge is 0.256 e. The molecule has 1 unspecified atom stereocenters. The van der Waals surface area contributed by atoms with Crippen molar-refractivity contribution in [2.45, 2.75) is 63.6 Å². The topological polar surface area (TPSA) is 121 Å². The predicted octanol–water partition coefficient (Wildman–Crippen LogP) is 4.18. The van der Waals surface area contributed by atoms with E-state index in [2.05, 4.69) is 38.1 Å². The first-order valence-electron chi connectivity index (χ1n) is 13.3. The maximum atomic E-state index is 12.4. The highest BCUT2D eigenvalue weighted by Gasteiger charge is 2.36. The van der Waals surface area contributed by atoms with Gasteiger partial charge in [-0.2, -0.15) is 0 Å². The highest BCUT2D eigenvalue weighted by Crippen LogP contribution is 2.30. The number of benzene rings is 1. The molecule has 1 atom stereocenters. The maximum Gasteiger partial charge on any atom is 0.256 e.